The fraction of sp³-hybridized carbons (Fsp3) is 0.231. The van der Waals surface area contributed by atoms with Gasteiger partial charge >= 0.3 is 0 Å². The van der Waals surface area contributed by atoms with E-state index in [1.165, 1.54) is 0 Å². The highest BCUT2D eigenvalue weighted by Crippen LogP contribution is 2.25. The standard InChI is InChI=1S/C13H11BrCl2OS/c14-9-5-11(18-7-9)6-10(17)3-8-1-2-12(15)13(16)4-8/h1-2,4-5,7,10,17H,3,6H2. The minimum atomic E-state index is -0.409. The van der Waals surface area contributed by atoms with Gasteiger partial charge in [-0.25, -0.2) is 0 Å². The van der Waals surface area contributed by atoms with Crippen molar-refractivity contribution in [2.75, 3.05) is 0 Å². The molecule has 0 aliphatic rings. The SMILES string of the molecule is OC(Cc1ccc(Cl)c(Cl)c1)Cc1cc(Br)cs1. The predicted octanol–water partition coefficient (Wildman–Crippen LogP) is 4.96. The molecule has 0 amide bonds. The zero-order valence-corrected chi connectivity index (χ0v) is 13.3. The zero-order valence-electron chi connectivity index (χ0n) is 9.37. The number of hydrogen-bond donors (Lipinski definition) is 1. The fourth-order valence-corrected chi connectivity index (χ4v) is 3.55. The number of halogens is 3. The summed E-state index contributed by atoms with van der Waals surface area (Å²) in [4.78, 5) is 1.16. The van der Waals surface area contributed by atoms with Crippen molar-refractivity contribution in [3.8, 4) is 0 Å². The van der Waals surface area contributed by atoms with Crippen LogP contribution in [0, 0.1) is 0 Å². The third kappa shape index (κ3) is 3.97. The first kappa shape index (κ1) is 14.4. The summed E-state index contributed by atoms with van der Waals surface area (Å²) in [5, 5.41) is 13.1. The number of rotatable bonds is 4. The van der Waals surface area contributed by atoms with Crippen molar-refractivity contribution in [3.63, 3.8) is 0 Å². The van der Waals surface area contributed by atoms with Crippen LogP contribution in [0.3, 0.4) is 0 Å². The summed E-state index contributed by atoms with van der Waals surface area (Å²) in [6, 6.07) is 7.48. The van der Waals surface area contributed by atoms with E-state index < -0.39 is 6.10 Å². The minimum absolute atomic E-state index is 0.409. The second kappa shape index (κ2) is 6.40. The molecule has 0 saturated heterocycles. The van der Waals surface area contributed by atoms with Gasteiger partial charge < -0.3 is 5.11 Å². The molecule has 1 N–H and O–H groups in total. The second-order valence-electron chi connectivity index (χ2n) is 4.04. The Labute approximate surface area is 128 Å². The van der Waals surface area contributed by atoms with E-state index >= 15 is 0 Å². The van der Waals surface area contributed by atoms with Gasteiger partial charge in [0, 0.05) is 21.2 Å². The van der Waals surface area contributed by atoms with Crippen molar-refractivity contribution in [3.05, 3.63) is 54.6 Å². The largest absolute Gasteiger partial charge is 0.392 e. The first-order valence-electron chi connectivity index (χ1n) is 5.39. The van der Waals surface area contributed by atoms with Crippen LogP contribution in [0.25, 0.3) is 0 Å². The first-order valence-corrected chi connectivity index (χ1v) is 7.82. The van der Waals surface area contributed by atoms with Gasteiger partial charge in [0.25, 0.3) is 0 Å². The van der Waals surface area contributed by atoms with E-state index in [1.807, 2.05) is 17.5 Å². The maximum atomic E-state index is 10.0. The molecule has 2 rings (SSSR count). The Morgan fingerprint density at radius 3 is 2.56 bits per heavy atom. The zero-order chi connectivity index (χ0) is 13.1. The summed E-state index contributed by atoms with van der Waals surface area (Å²) in [7, 11) is 0. The van der Waals surface area contributed by atoms with Gasteiger partial charge in [-0.2, -0.15) is 0 Å². The predicted molar refractivity (Wildman–Crippen MR) is 81.9 cm³/mol. The van der Waals surface area contributed by atoms with Crippen molar-refractivity contribution < 1.29 is 5.11 Å². The van der Waals surface area contributed by atoms with Crippen molar-refractivity contribution in [2.45, 2.75) is 18.9 Å². The molecule has 1 aromatic carbocycles. The molecule has 1 heterocycles. The van der Waals surface area contributed by atoms with Crippen molar-refractivity contribution in [1.82, 2.24) is 0 Å². The second-order valence-corrected chi connectivity index (χ2v) is 6.77. The van der Waals surface area contributed by atoms with Crippen LogP contribution >= 0.6 is 50.5 Å². The number of aliphatic hydroxyl groups is 1. The van der Waals surface area contributed by atoms with Gasteiger partial charge in [-0.3, -0.25) is 0 Å². The molecule has 96 valence electrons. The summed E-state index contributed by atoms with van der Waals surface area (Å²) in [5.74, 6) is 0. The Bertz CT molecular complexity index is 542. The molecule has 1 aromatic heterocycles. The molecule has 0 spiro atoms. The summed E-state index contributed by atoms with van der Waals surface area (Å²) < 4.78 is 1.06. The van der Waals surface area contributed by atoms with E-state index in [4.69, 9.17) is 23.2 Å². The van der Waals surface area contributed by atoms with Crippen molar-refractivity contribution in [1.29, 1.82) is 0 Å². The average Bonchev–Trinajstić information content (AvgIpc) is 2.69. The minimum Gasteiger partial charge on any atom is -0.392 e. The molecule has 18 heavy (non-hydrogen) atoms. The molecule has 0 radical (unpaired) electrons. The van der Waals surface area contributed by atoms with Crippen molar-refractivity contribution in [2.24, 2.45) is 0 Å². The molecule has 0 bridgehead atoms. The van der Waals surface area contributed by atoms with Crippen LogP contribution in [0.4, 0.5) is 0 Å². The van der Waals surface area contributed by atoms with E-state index in [0.717, 1.165) is 14.9 Å². The highest BCUT2D eigenvalue weighted by molar-refractivity contribution is 9.10. The lowest BCUT2D eigenvalue weighted by atomic mass is 10.1. The Morgan fingerprint density at radius 2 is 1.94 bits per heavy atom. The van der Waals surface area contributed by atoms with Gasteiger partial charge in [-0.05, 0) is 46.1 Å². The van der Waals surface area contributed by atoms with Crippen LogP contribution in [0.5, 0.6) is 0 Å². The maximum Gasteiger partial charge on any atom is 0.0628 e. The quantitative estimate of drug-likeness (QED) is 0.811. The van der Waals surface area contributed by atoms with Gasteiger partial charge in [0.15, 0.2) is 0 Å². The summed E-state index contributed by atoms with van der Waals surface area (Å²) in [6.07, 6.45) is 0.816. The molecular formula is C13H11BrCl2OS. The van der Waals surface area contributed by atoms with Crippen LogP contribution in [-0.4, -0.2) is 11.2 Å². The summed E-state index contributed by atoms with van der Waals surface area (Å²) in [6.45, 7) is 0. The van der Waals surface area contributed by atoms with Crippen LogP contribution in [0.2, 0.25) is 10.0 Å². The molecule has 2 aromatic rings. The van der Waals surface area contributed by atoms with Gasteiger partial charge in [-0.15, -0.1) is 11.3 Å². The van der Waals surface area contributed by atoms with Crippen LogP contribution in [0.15, 0.2) is 34.1 Å². The van der Waals surface area contributed by atoms with Crippen LogP contribution in [-0.2, 0) is 12.8 Å². The number of hydrogen-bond acceptors (Lipinski definition) is 2. The van der Waals surface area contributed by atoms with Crippen molar-refractivity contribution >= 4 is 50.5 Å². The molecule has 0 aliphatic heterocycles. The van der Waals surface area contributed by atoms with E-state index in [0.29, 0.717) is 22.9 Å². The van der Waals surface area contributed by atoms with Gasteiger partial charge in [0.2, 0.25) is 0 Å². The lowest BCUT2D eigenvalue weighted by molar-refractivity contribution is 0.176. The van der Waals surface area contributed by atoms with Crippen LogP contribution < -0.4 is 0 Å². The number of benzene rings is 1. The van der Waals surface area contributed by atoms with Gasteiger partial charge in [0.1, 0.15) is 0 Å². The Balaban J connectivity index is 1.98. The number of thiophene rings is 1. The first-order chi connectivity index (χ1) is 8.54. The molecule has 1 atom stereocenters. The molecule has 5 heteroatoms. The van der Waals surface area contributed by atoms with E-state index in [2.05, 4.69) is 15.9 Å². The Hall–Kier alpha value is -0.0600. The normalized spacial score (nSPS) is 12.7. The van der Waals surface area contributed by atoms with E-state index in [1.54, 1.807) is 23.5 Å². The monoisotopic (exact) mass is 364 g/mol. The van der Waals surface area contributed by atoms with E-state index in [9.17, 15) is 5.11 Å². The van der Waals surface area contributed by atoms with E-state index in [-0.39, 0.29) is 0 Å². The molecule has 1 nitrogen and oxygen atoms in total. The molecular weight excluding hydrogens is 355 g/mol. The molecule has 0 aliphatic carbocycles. The number of aliphatic hydroxyl groups excluding tert-OH is 1. The highest BCUT2D eigenvalue weighted by Gasteiger charge is 2.09. The third-order valence-electron chi connectivity index (χ3n) is 2.51. The average molecular weight is 366 g/mol. The third-order valence-corrected chi connectivity index (χ3v) is 4.97. The topological polar surface area (TPSA) is 20.2 Å². The molecule has 0 fully saturated rings. The Morgan fingerprint density at radius 1 is 1.17 bits per heavy atom. The lowest BCUT2D eigenvalue weighted by Gasteiger charge is -2.10. The molecule has 1 unspecified atom stereocenters. The summed E-state index contributed by atoms with van der Waals surface area (Å²) >= 11 is 16.8. The maximum absolute atomic E-state index is 10.0. The molecule has 0 saturated carbocycles. The Kier molecular flexibility index (Phi) is 5.10. The fourth-order valence-electron chi connectivity index (χ4n) is 1.70. The van der Waals surface area contributed by atoms with Gasteiger partial charge in [0.05, 0.1) is 16.1 Å². The lowest BCUT2D eigenvalue weighted by Crippen LogP contribution is -2.13. The van der Waals surface area contributed by atoms with Gasteiger partial charge in [-0.1, -0.05) is 29.3 Å². The smallest absolute Gasteiger partial charge is 0.0628 e. The summed E-state index contributed by atoms with van der Waals surface area (Å²) in [5.41, 5.74) is 0.993. The van der Waals surface area contributed by atoms with Crippen LogP contribution in [0.1, 0.15) is 10.4 Å². The highest BCUT2D eigenvalue weighted by atomic mass is 79.9.